The number of carbonyl (C=O) groups excluding carboxylic acids is 2. The number of ketones is 1. The molecule has 0 aliphatic carbocycles. The Balaban J connectivity index is 2.38. The van der Waals surface area contributed by atoms with Crippen molar-refractivity contribution in [3.63, 3.8) is 0 Å². The Morgan fingerprint density at radius 2 is 2.03 bits per heavy atom. The summed E-state index contributed by atoms with van der Waals surface area (Å²) in [6, 6.07) is 5.60. The maximum Gasteiger partial charge on any atom is 0.309 e. The molecular formula is C30H41NO5. The Morgan fingerprint density at radius 1 is 1.31 bits per heavy atom. The second-order valence-electron chi connectivity index (χ2n) is 10.6. The Morgan fingerprint density at radius 3 is 2.67 bits per heavy atom. The topological polar surface area (TPSA) is 96.7 Å². The number of hydrogen-bond donors (Lipinski definition) is 2. The van der Waals surface area contributed by atoms with Crippen LogP contribution in [0.5, 0.6) is 0 Å². The molecule has 1 aliphatic rings. The molecule has 2 rings (SSSR count). The fourth-order valence-corrected chi connectivity index (χ4v) is 4.55. The molecule has 2 heterocycles. The number of terminal acetylenes is 1. The molecule has 196 valence electrons. The van der Waals surface area contributed by atoms with E-state index in [1.165, 1.54) is 0 Å². The molecule has 0 fully saturated rings. The molecule has 1 aromatic rings. The van der Waals surface area contributed by atoms with Gasteiger partial charge in [0.25, 0.3) is 0 Å². The van der Waals surface area contributed by atoms with Gasteiger partial charge in [-0.3, -0.25) is 14.6 Å². The lowest BCUT2D eigenvalue weighted by Crippen LogP contribution is -2.46. The standard InChI is InChI=1S/C30H41NO5/c1-7-11-24-28(34)21(3)13-10-12-20(2)15-16-25(22(4)18-23-14-8-9-17-31-23)36-27(33)19-26(32)30(5,6)29(24)35/h1,8-9,14-15,17-18,21,24-26,28,32,34H,10-13,16,19H2,2-6H3/b20-15-,22-18+/t21-,24+,25-,26-,28-/m0/s1. The minimum Gasteiger partial charge on any atom is -0.457 e. The van der Waals surface area contributed by atoms with Crippen molar-refractivity contribution in [2.75, 3.05) is 0 Å². The van der Waals surface area contributed by atoms with Gasteiger partial charge in [0.15, 0.2) is 0 Å². The minimum absolute atomic E-state index is 0.0729. The zero-order valence-electron chi connectivity index (χ0n) is 22.2. The zero-order chi connectivity index (χ0) is 26.9. The van der Waals surface area contributed by atoms with Crippen molar-refractivity contribution < 1.29 is 24.5 Å². The fourth-order valence-electron chi connectivity index (χ4n) is 4.55. The molecule has 0 saturated heterocycles. The van der Waals surface area contributed by atoms with Crippen LogP contribution in [-0.2, 0) is 14.3 Å². The first-order valence-electron chi connectivity index (χ1n) is 12.8. The predicted molar refractivity (Wildman–Crippen MR) is 142 cm³/mol. The number of rotatable bonds is 3. The predicted octanol–water partition coefficient (Wildman–Crippen LogP) is 4.90. The van der Waals surface area contributed by atoms with Gasteiger partial charge in [-0.15, -0.1) is 12.3 Å². The lowest BCUT2D eigenvalue weighted by molar-refractivity contribution is -0.154. The maximum absolute atomic E-state index is 13.5. The van der Waals surface area contributed by atoms with Crippen LogP contribution in [0.4, 0.5) is 0 Å². The number of carbonyl (C=O) groups is 2. The van der Waals surface area contributed by atoms with Crippen molar-refractivity contribution >= 4 is 17.8 Å². The van der Waals surface area contributed by atoms with E-state index >= 15 is 0 Å². The number of aliphatic hydroxyl groups is 2. The lowest BCUT2D eigenvalue weighted by atomic mass is 9.71. The molecule has 5 atom stereocenters. The highest BCUT2D eigenvalue weighted by atomic mass is 16.5. The molecule has 1 aromatic heterocycles. The van der Waals surface area contributed by atoms with Crippen molar-refractivity contribution in [1.82, 2.24) is 4.98 Å². The number of cyclic esters (lactones) is 1. The van der Waals surface area contributed by atoms with Crippen LogP contribution in [0.25, 0.3) is 6.08 Å². The molecule has 0 saturated carbocycles. The van der Waals surface area contributed by atoms with E-state index in [0.717, 1.165) is 36.1 Å². The summed E-state index contributed by atoms with van der Waals surface area (Å²) in [5, 5.41) is 21.9. The monoisotopic (exact) mass is 495 g/mol. The van der Waals surface area contributed by atoms with Crippen molar-refractivity contribution in [1.29, 1.82) is 0 Å². The van der Waals surface area contributed by atoms with Crippen molar-refractivity contribution in [2.24, 2.45) is 17.3 Å². The summed E-state index contributed by atoms with van der Waals surface area (Å²) in [7, 11) is 0. The molecule has 6 nitrogen and oxygen atoms in total. The SMILES string of the molecule is C#CC[C@H]1C(=O)C(C)(C)[C@@H](O)CC(=O)O[C@H](/C(C)=C/c2ccccn2)C/C=C(/C)CCC[C@H](C)[C@@H]1O. The summed E-state index contributed by atoms with van der Waals surface area (Å²) >= 11 is 0. The average Bonchev–Trinajstić information content (AvgIpc) is 2.84. The van der Waals surface area contributed by atoms with E-state index in [1.54, 1.807) is 20.0 Å². The molecule has 36 heavy (non-hydrogen) atoms. The van der Waals surface area contributed by atoms with E-state index in [9.17, 15) is 19.8 Å². The van der Waals surface area contributed by atoms with E-state index in [1.807, 2.05) is 45.0 Å². The molecular weight excluding hydrogens is 454 g/mol. The third kappa shape index (κ3) is 8.15. The van der Waals surface area contributed by atoms with Crippen molar-refractivity contribution in [3.8, 4) is 12.3 Å². The number of allylic oxidation sites excluding steroid dienone is 1. The highest BCUT2D eigenvalue weighted by molar-refractivity contribution is 5.88. The molecule has 0 aromatic carbocycles. The number of esters is 1. The van der Waals surface area contributed by atoms with Gasteiger partial charge in [-0.2, -0.15) is 0 Å². The quantitative estimate of drug-likeness (QED) is 0.352. The number of ether oxygens (including phenoxy) is 1. The highest BCUT2D eigenvalue weighted by Gasteiger charge is 2.43. The van der Waals surface area contributed by atoms with Crippen LogP contribution in [0, 0.1) is 29.6 Å². The molecule has 0 radical (unpaired) electrons. The van der Waals surface area contributed by atoms with Gasteiger partial charge in [-0.25, -0.2) is 0 Å². The van der Waals surface area contributed by atoms with E-state index in [4.69, 9.17) is 11.2 Å². The van der Waals surface area contributed by atoms with Gasteiger partial charge in [-0.1, -0.05) is 38.5 Å². The van der Waals surface area contributed by atoms with Crippen LogP contribution in [0.2, 0.25) is 0 Å². The molecule has 6 heteroatoms. The number of Topliss-reactive ketones (excluding diaryl/α,β-unsaturated/α-hetero) is 1. The first kappa shape index (κ1) is 29.5. The van der Waals surface area contributed by atoms with Crippen LogP contribution in [-0.4, -0.2) is 45.3 Å². The summed E-state index contributed by atoms with van der Waals surface area (Å²) in [6.07, 6.45) is 11.1. The summed E-state index contributed by atoms with van der Waals surface area (Å²) in [4.78, 5) is 30.7. The Kier molecular flexibility index (Phi) is 11.1. The van der Waals surface area contributed by atoms with Gasteiger partial charge in [0, 0.05) is 19.0 Å². The number of nitrogens with zero attached hydrogens (tertiary/aromatic N) is 1. The molecule has 1 aliphatic heterocycles. The molecule has 0 bridgehead atoms. The van der Waals surface area contributed by atoms with Crippen LogP contribution >= 0.6 is 0 Å². The van der Waals surface area contributed by atoms with Crippen LogP contribution in [0.15, 0.2) is 41.6 Å². The first-order valence-corrected chi connectivity index (χ1v) is 12.8. The van der Waals surface area contributed by atoms with E-state index in [2.05, 4.69) is 17.0 Å². The summed E-state index contributed by atoms with van der Waals surface area (Å²) in [5.74, 6) is 0.617. The Bertz CT molecular complexity index is 988. The summed E-state index contributed by atoms with van der Waals surface area (Å²) in [5.41, 5.74) is 1.47. The lowest BCUT2D eigenvalue weighted by Gasteiger charge is -2.35. The van der Waals surface area contributed by atoms with Gasteiger partial charge in [0.2, 0.25) is 0 Å². The Hall–Kier alpha value is -2.75. The van der Waals surface area contributed by atoms with Gasteiger partial charge >= 0.3 is 5.97 Å². The number of pyridine rings is 1. The number of aromatic nitrogens is 1. The smallest absolute Gasteiger partial charge is 0.309 e. The van der Waals surface area contributed by atoms with Gasteiger partial charge in [-0.05, 0) is 62.8 Å². The van der Waals surface area contributed by atoms with E-state index in [0.29, 0.717) is 6.42 Å². The largest absolute Gasteiger partial charge is 0.457 e. The molecule has 0 unspecified atom stereocenters. The third-order valence-corrected chi connectivity index (χ3v) is 7.25. The second kappa shape index (κ2) is 13.5. The average molecular weight is 496 g/mol. The highest BCUT2D eigenvalue weighted by Crippen LogP contribution is 2.34. The van der Waals surface area contributed by atoms with Crippen LogP contribution < -0.4 is 0 Å². The number of aliphatic hydroxyl groups excluding tert-OH is 2. The summed E-state index contributed by atoms with van der Waals surface area (Å²) < 4.78 is 5.81. The molecule has 0 amide bonds. The maximum atomic E-state index is 13.5. The summed E-state index contributed by atoms with van der Waals surface area (Å²) in [6.45, 7) is 9.04. The Labute approximate surface area is 215 Å². The van der Waals surface area contributed by atoms with Gasteiger partial charge in [0.1, 0.15) is 11.9 Å². The number of hydrogen-bond acceptors (Lipinski definition) is 6. The van der Waals surface area contributed by atoms with E-state index < -0.39 is 35.6 Å². The minimum atomic E-state index is -1.29. The molecule has 0 spiro atoms. The van der Waals surface area contributed by atoms with E-state index in [-0.39, 0.29) is 24.5 Å². The van der Waals surface area contributed by atoms with Crippen molar-refractivity contribution in [2.45, 2.75) is 91.5 Å². The second-order valence-corrected chi connectivity index (χ2v) is 10.6. The van der Waals surface area contributed by atoms with Crippen LogP contribution in [0.1, 0.15) is 78.8 Å². The van der Waals surface area contributed by atoms with Gasteiger partial charge < -0.3 is 14.9 Å². The van der Waals surface area contributed by atoms with Crippen molar-refractivity contribution in [3.05, 3.63) is 47.3 Å². The normalized spacial score (nSPS) is 30.6. The van der Waals surface area contributed by atoms with Gasteiger partial charge in [0.05, 0.1) is 35.7 Å². The van der Waals surface area contributed by atoms with Crippen LogP contribution in [0.3, 0.4) is 0 Å². The fraction of sp³-hybridized carbons (Fsp3) is 0.567. The molecule has 2 N–H and O–H groups in total. The zero-order valence-corrected chi connectivity index (χ0v) is 22.2. The third-order valence-electron chi connectivity index (χ3n) is 7.25. The first-order chi connectivity index (χ1) is 17.0.